The SMILES string of the molecule is Cl.NC1(c2noc(CCSc3ccccc3)n2)CCC1. The maximum Gasteiger partial charge on any atom is 0.227 e. The van der Waals surface area contributed by atoms with Gasteiger partial charge in [-0.05, 0) is 31.4 Å². The average Bonchev–Trinajstić information content (AvgIpc) is 2.86. The summed E-state index contributed by atoms with van der Waals surface area (Å²) in [5, 5.41) is 4.02. The summed E-state index contributed by atoms with van der Waals surface area (Å²) in [4.78, 5) is 5.68. The largest absolute Gasteiger partial charge is 0.339 e. The van der Waals surface area contributed by atoms with Gasteiger partial charge in [-0.1, -0.05) is 23.4 Å². The molecule has 1 aromatic carbocycles. The van der Waals surface area contributed by atoms with E-state index < -0.39 is 0 Å². The van der Waals surface area contributed by atoms with Crippen LogP contribution in [0.25, 0.3) is 0 Å². The Morgan fingerprint density at radius 1 is 1.25 bits per heavy atom. The lowest BCUT2D eigenvalue weighted by atomic mass is 9.77. The fourth-order valence-electron chi connectivity index (χ4n) is 2.11. The van der Waals surface area contributed by atoms with Crippen molar-refractivity contribution in [3.63, 3.8) is 0 Å². The lowest BCUT2D eigenvalue weighted by Gasteiger charge is -2.34. The van der Waals surface area contributed by atoms with E-state index in [-0.39, 0.29) is 17.9 Å². The van der Waals surface area contributed by atoms with E-state index in [1.54, 1.807) is 11.8 Å². The summed E-state index contributed by atoms with van der Waals surface area (Å²) >= 11 is 1.79. The minimum absolute atomic E-state index is 0. The molecule has 0 radical (unpaired) electrons. The van der Waals surface area contributed by atoms with Gasteiger partial charge < -0.3 is 10.3 Å². The molecular formula is C14H18ClN3OS. The third-order valence-corrected chi connectivity index (χ3v) is 4.50. The minimum atomic E-state index is -0.325. The summed E-state index contributed by atoms with van der Waals surface area (Å²) in [5.41, 5.74) is 5.84. The molecule has 2 aromatic rings. The van der Waals surface area contributed by atoms with Crippen molar-refractivity contribution in [2.24, 2.45) is 5.73 Å². The van der Waals surface area contributed by atoms with Crippen molar-refractivity contribution in [3.8, 4) is 0 Å². The summed E-state index contributed by atoms with van der Waals surface area (Å²) in [6.45, 7) is 0. The number of thioether (sulfide) groups is 1. The Morgan fingerprint density at radius 3 is 2.65 bits per heavy atom. The van der Waals surface area contributed by atoms with Crippen molar-refractivity contribution in [2.45, 2.75) is 36.1 Å². The van der Waals surface area contributed by atoms with Gasteiger partial charge in [0.15, 0.2) is 5.82 Å². The van der Waals surface area contributed by atoms with Crippen LogP contribution >= 0.6 is 24.2 Å². The van der Waals surface area contributed by atoms with Crippen molar-refractivity contribution < 1.29 is 4.52 Å². The highest BCUT2D eigenvalue weighted by atomic mass is 35.5. The van der Waals surface area contributed by atoms with E-state index in [0.717, 1.165) is 31.4 Å². The van der Waals surface area contributed by atoms with E-state index >= 15 is 0 Å². The van der Waals surface area contributed by atoms with Gasteiger partial charge in [0.25, 0.3) is 0 Å². The molecule has 6 heteroatoms. The number of nitrogens with zero attached hydrogens (tertiary/aromatic N) is 2. The molecule has 0 amide bonds. The topological polar surface area (TPSA) is 64.9 Å². The van der Waals surface area contributed by atoms with Crippen LogP contribution in [-0.4, -0.2) is 15.9 Å². The first-order valence-electron chi connectivity index (χ1n) is 6.56. The van der Waals surface area contributed by atoms with Crippen LogP contribution in [0.3, 0.4) is 0 Å². The fraction of sp³-hybridized carbons (Fsp3) is 0.429. The number of rotatable bonds is 5. The first-order chi connectivity index (χ1) is 9.26. The van der Waals surface area contributed by atoms with Gasteiger partial charge in [0.2, 0.25) is 5.89 Å². The molecule has 0 atom stereocenters. The molecule has 20 heavy (non-hydrogen) atoms. The molecule has 1 saturated carbocycles. The number of halogens is 1. The number of aryl methyl sites for hydroxylation is 1. The first-order valence-corrected chi connectivity index (χ1v) is 7.55. The van der Waals surface area contributed by atoms with Crippen LogP contribution in [0.2, 0.25) is 0 Å². The fourth-order valence-corrected chi connectivity index (χ4v) is 2.97. The lowest BCUT2D eigenvalue weighted by Crippen LogP contribution is -2.44. The third-order valence-electron chi connectivity index (χ3n) is 3.49. The number of benzene rings is 1. The van der Waals surface area contributed by atoms with Gasteiger partial charge in [-0.3, -0.25) is 0 Å². The van der Waals surface area contributed by atoms with Gasteiger partial charge in [0.1, 0.15) is 0 Å². The lowest BCUT2D eigenvalue weighted by molar-refractivity contribution is 0.229. The number of aromatic nitrogens is 2. The summed E-state index contributed by atoms with van der Waals surface area (Å²) in [6, 6.07) is 10.3. The molecule has 2 N–H and O–H groups in total. The Hall–Kier alpha value is -1.04. The van der Waals surface area contributed by atoms with Crippen molar-refractivity contribution in [3.05, 3.63) is 42.0 Å². The molecule has 1 aliphatic rings. The van der Waals surface area contributed by atoms with Crippen molar-refractivity contribution in [1.29, 1.82) is 0 Å². The standard InChI is InChI=1S/C14H17N3OS.ClH/c15-14(8-4-9-14)13-16-12(18-17-13)7-10-19-11-5-2-1-3-6-11;/h1-3,5-6H,4,7-10,15H2;1H. The molecule has 3 rings (SSSR count). The van der Waals surface area contributed by atoms with Gasteiger partial charge in [0, 0.05) is 17.1 Å². The van der Waals surface area contributed by atoms with E-state index in [4.69, 9.17) is 10.3 Å². The maximum atomic E-state index is 6.17. The molecule has 1 aromatic heterocycles. The Balaban J connectivity index is 0.00000147. The molecule has 1 aliphatic carbocycles. The third kappa shape index (κ3) is 3.34. The normalized spacial score (nSPS) is 16.2. The second kappa shape index (κ2) is 6.61. The van der Waals surface area contributed by atoms with Crippen LogP contribution in [-0.2, 0) is 12.0 Å². The number of nitrogens with two attached hydrogens (primary N) is 1. The molecule has 0 saturated heterocycles. The van der Waals surface area contributed by atoms with E-state index in [0.29, 0.717) is 11.7 Å². The minimum Gasteiger partial charge on any atom is -0.339 e. The zero-order valence-corrected chi connectivity index (χ0v) is 12.8. The molecular weight excluding hydrogens is 294 g/mol. The van der Waals surface area contributed by atoms with Crippen LogP contribution in [0, 0.1) is 0 Å². The van der Waals surface area contributed by atoms with Gasteiger partial charge in [-0.2, -0.15) is 4.98 Å². The molecule has 4 nitrogen and oxygen atoms in total. The van der Waals surface area contributed by atoms with Crippen LogP contribution in [0.4, 0.5) is 0 Å². The molecule has 1 fully saturated rings. The van der Waals surface area contributed by atoms with Gasteiger partial charge in [0.05, 0.1) is 5.54 Å². The molecule has 1 heterocycles. The Kier molecular flexibility index (Phi) is 5.07. The highest BCUT2D eigenvalue weighted by molar-refractivity contribution is 7.99. The van der Waals surface area contributed by atoms with Crippen molar-refractivity contribution >= 4 is 24.2 Å². The quantitative estimate of drug-likeness (QED) is 0.859. The van der Waals surface area contributed by atoms with Crippen LogP contribution in [0.15, 0.2) is 39.8 Å². The first kappa shape index (κ1) is 15.4. The van der Waals surface area contributed by atoms with E-state index in [2.05, 4.69) is 22.3 Å². The molecule has 0 unspecified atom stereocenters. The Morgan fingerprint density at radius 2 is 2.00 bits per heavy atom. The summed E-state index contributed by atoms with van der Waals surface area (Å²) in [5.74, 6) is 2.30. The predicted molar refractivity (Wildman–Crippen MR) is 82.1 cm³/mol. The maximum absolute atomic E-state index is 6.17. The number of hydrogen-bond donors (Lipinski definition) is 1. The van der Waals surface area contributed by atoms with E-state index in [9.17, 15) is 0 Å². The van der Waals surface area contributed by atoms with Gasteiger partial charge in [-0.15, -0.1) is 24.2 Å². The Labute approximate surface area is 128 Å². The second-order valence-corrected chi connectivity index (χ2v) is 6.10. The summed E-state index contributed by atoms with van der Waals surface area (Å²) in [7, 11) is 0. The van der Waals surface area contributed by atoms with Crippen LogP contribution in [0.1, 0.15) is 31.0 Å². The van der Waals surface area contributed by atoms with Gasteiger partial charge >= 0.3 is 0 Å². The van der Waals surface area contributed by atoms with Crippen molar-refractivity contribution in [2.75, 3.05) is 5.75 Å². The zero-order valence-electron chi connectivity index (χ0n) is 11.1. The summed E-state index contributed by atoms with van der Waals surface area (Å²) < 4.78 is 5.27. The highest BCUT2D eigenvalue weighted by Gasteiger charge is 2.38. The highest BCUT2D eigenvalue weighted by Crippen LogP contribution is 2.36. The smallest absolute Gasteiger partial charge is 0.227 e. The second-order valence-electron chi connectivity index (χ2n) is 4.93. The van der Waals surface area contributed by atoms with E-state index in [1.165, 1.54) is 4.90 Å². The average molecular weight is 312 g/mol. The van der Waals surface area contributed by atoms with Crippen LogP contribution in [0.5, 0.6) is 0 Å². The monoisotopic (exact) mass is 311 g/mol. The molecule has 0 spiro atoms. The summed E-state index contributed by atoms with van der Waals surface area (Å²) in [6.07, 6.45) is 3.86. The zero-order chi connectivity index (χ0) is 13.1. The molecule has 0 aliphatic heterocycles. The molecule has 108 valence electrons. The number of hydrogen-bond acceptors (Lipinski definition) is 5. The van der Waals surface area contributed by atoms with Gasteiger partial charge in [-0.25, -0.2) is 0 Å². The van der Waals surface area contributed by atoms with Crippen molar-refractivity contribution in [1.82, 2.24) is 10.1 Å². The predicted octanol–water partition coefficient (Wildman–Crippen LogP) is 3.16. The van der Waals surface area contributed by atoms with Crippen LogP contribution < -0.4 is 5.73 Å². The molecule has 0 bridgehead atoms. The van der Waals surface area contributed by atoms with E-state index in [1.807, 2.05) is 18.2 Å². The Bertz CT molecular complexity index is 542.